The quantitative estimate of drug-likeness (QED) is 0.578. The van der Waals surface area contributed by atoms with E-state index in [0.717, 1.165) is 24.2 Å². The molecule has 3 N–H and O–H groups in total. The van der Waals surface area contributed by atoms with Gasteiger partial charge < -0.3 is 20.3 Å². The number of amides is 1. The lowest BCUT2D eigenvalue weighted by Gasteiger charge is -2.43. The van der Waals surface area contributed by atoms with Gasteiger partial charge in [-0.15, -0.1) is 0 Å². The molecule has 0 aliphatic heterocycles. The Morgan fingerprint density at radius 1 is 1.33 bits per heavy atom. The van der Waals surface area contributed by atoms with Crippen LogP contribution < -0.4 is 10.1 Å². The Morgan fingerprint density at radius 2 is 2.07 bits per heavy atom. The molecular weight excluding hydrogens is 342 g/mol. The largest absolute Gasteiger partial charge is 0.493 e. The second-order valence-corrected chi connectivity index (χ2v) is 8.20. The summed E-state index contributed by atoms with van der Waals surface area (Å²) < 4.78 is 5.71. The molecule has 2 rings (SSSR count). The highest BCUT2D eigenvalue weighted by molar-refractivity contribution is 5.85. The zero-order chi connectivity index (χ0) is 19.9. The predicted octanol–water partition coefficient (Wildman–Crippen LogP) is 2.93. The molecule has 0 bridgehead atoms. The molecule has 1 aliphatic rings. The van der Waals surface area contributed by atoms with Gasteiger partial charge in [0.2, 0.25) is 0 Å². The lowest BCUT2D eigenvalue weighted by atomic mass is 9.66. The summed E-state index contributed by atoms with van der Waals surface area (Å²) in [6, 6.07) is 7.74. The first-order valence-corrected chi connectivity index (χ1v) is 10.2. The van der Waals surface area contributed by atoms with Crippen LogP contribution in [0, 0.1) is 17.8 Å². The average Bonchev–Trinajstić information content (AvgIpc) is 2.62. The summed E-state index contributed by atoms with van der Waals surface area (Å²) >= 11 is 0. The Labute approximate surface area is 163 Å². The summed E-state index contributed by atoms with van der Waals surface area (Å²) in [4.78, 5) is 12.8. The van der Waals surface area contributed by atoms with Gasteiger partial charge in [0.1, 0.15) is 11.4 Å². The van der Waals surface area contributed by atoms with Gasteiger partial charge in [-0.2, -0.15) is 0 Å². The Morgan fingerprint density at radius 3 is 2.78 bits per heavy atom. The molecule has 0 radical (unpaired) electrons. The predicted molar refractivity (Wildman–Crippen MR) is 107 cm³/mol. The Bertz CT molecular complexity index is 604. The minimum Gasteiger partial charge on any atom is -0.493 e. The maximum Gasteiger partial charge on any atom is 0.252 e. The molecule has 1 fully saturated rings. The second kappa shape index (κ2) is 10.1. The molecule has 0 saturated heterocycles. The summed E-state index contributed by atoms with van der Waals surface area (Å²) in [6.07, 6.45) is 3.72. The van der Waals surface area contributed by atoms with Crippen molar-refractivity contribution in [3.63, 3.8) is 0 Å². The van der Waals surface area contributed by atoms with Crippen molar-refractivity contribution in [2.24, 2.45) is 17.8 Å². The molecule has 0 heterocycles. The maximum absolute atomic E-state index is 12.8. The van der Waals surface area contributed by atoms with E-state index in [-0.39, 0.29) is 24.3 Å². The number of carbonyl (C=O) groups excluding carboxylic acids is 1. The maximum atomic E-state index is 12.8. The molecule has 1 saturated carbocycles. The Balaban J connectivity index is 1.95. The number of benzene rings is 1. The third-order valence-corrected chi connectivity index (χ3v) is 5.65. The van der Waals surface area contributed by atoms with Gasteiger partial charge in [-0.1, -0.05) is 45.4 Å². The van der Waals surface area contributed by atoms with E-state index < -0.39 is 5.60 Å². The van der Waals surface area contributed by atoms with Crippen molar-refractivity contribution in [1.29, 1.82) is 0 Å². The van der Waals surface area contributed by atoms with Gasteiger partial charge in [0.15, 0.2) is 0 Å². The van der Waals surface area contributed by atoms with Gasteiger partial charge in [-0.25, -0.2) is 0 Å². The number of rotatable bonds is 9. The fourth-order valence-electron chi connectivity index (χ4n) is 4.20. The van der Waals surface area contributed by atoms with Crippen LogP contribution in [0.1, 0.15) is 52.0 Å². The highest BCUT2D eigenvalue weighted by Gasteiger charge is 2.48. The number of ether oxygens (including phenoxy) is 1. The SMILES string of the molecule is CC1CCC(C(C)C)[C@@](O)(C(=O)NCCc2ccccc2OCCCO)C1. The fraction of sp³-hybridized carbons (Fsp3) is 0.682. The van der Waals surface area contributed by atoms with E-state index in [4.69, 9.17) is 9.84 Å². The summed E-state index contributed by atoms with van der Waals surface area (Å²) in [6.45, 7) is 7.30. The van der Waals surface area contributed by atoms with E-state index in [1.807, 2.05) is 24.3 Å². The smallest absolute Gasteiger partial charge is 0.252 e. The molecule has 5 heteroatoms. The molecule has 2 unspecified atom stereocenters. The number of para-hydroxylation sites is 1. The van der Waals surface area contributed by atoms with Crippen LogP contribution in [0.15, 0.2) is 24.3 Å². The summed E-state index contributed by atoms with van der Waals surface area (Å²) in [7, 11) is 0. The van der Waals surface area contributed by atoms with Crippen molar-refractivity contribution in [2.75, 3.05) is 19.8 Å². The first kappa shape index (κ1) is 21.7. The molecule has 27 heavy (non-hydrogen) atoms. The van der Waals surface area contributed by atoms with Crippen LogP contribution in [0.4, 0.5) is 0 Å². The molecular formula is C22H35NO4. The van der Waals surface area contributed by atoms with E-state index in [9.17, 15) is 9.90 Å². The van der Waals surface area contributed by atoms with Crippen molar-refractivity contribution in [2.45, 2.75) is 58.5 Å². The molecule has 1 aromatic rings. The second-order valence-electron chi connectivity index (χ2n) is 8.20. The van der Waals surface area contributed by atoms with Crippen LogP contribution in [0.5, 0.6) is 5.75 Å². The molecule has 3 atom stereocenters. The lowest BCUT2D eigenvalue weighted by Crippen LogP contribution is -2.56. The normalized spacial score (nSPS) is 25.4. The van der Waals surface area contributed by atoms with Gasteiger partial charge in [0.05, 0.1) is 6.61 Å². The van der Waals surface area contributed by atoms with Gasteiger partial charge in [0, 0.05) is 19.6 Å². The number of nitrogens with one attached hydrogen (secondary N) is 1. The molecule has 0 aromatic heterocycles. The van der Waals surface area contributed by atoms with Crippen LogP contribution in [-0.4, -0.2) is 41.5 Å². The molecule has 1 amide bonds. The van der Waals surface area contributed by atoms with Crippen molar-refractivity contribution in [1.82, 2.24) is 5.32 Å². The van der Waals surface area contributed by atoms with Crippen molar-refractivity contribution >= 4 is 5.91 Å². The summed E-state index contributed by atoms with van der Waals surface area (Å²) in [5.41, 5.74) is -0.261. The van der Waals surface area contributed by atoms with E-state index >= 15 is 0 Å². The van der Waals surface area contributed by atoms with E-state index in [1.165, 1.54) is 0 Å². The van der Waals surface area contributed by atoms with Crippen LogP contribution >= 0.6 is 0 Å². The Kier molecular flexibility index (Phi) is 8.11. The summed E-state index contributed by atoms with van der Waals surface area (Å²) in [5, 5.41) is 23.0. The first-order chi connectivity index (χ1) is 12.9. The van der Waals surface area contributed by atoms with Gasteiger partial charge in [0.25, 0.3) is 5.91 Å². The number of hydrogen-bond donors (Lipinski definition) is 3. The number of carbonyl (C=O) groups is 1. The first-order valence-electron chi connectivity index (χ1n) is 10.2. The van der Waals surface area contributed by atoms with Gasteiger partial charge >= 0.3 is 0 Å². The van der Waals surface area contributed by atoms with Gasteiger partial charge in [-0.3, -0.25) is 4.79 Å². The number of hydrogen-bond acceptors (Lipinski definition) is 4. The minimum absolute atomic E-state index is 0.00259. The standard InChI is InChI=1S/C22H35NO4/c1-16(2)19-10-9-17(3)15-22(19,26)21(25)23-12-11-18-7-4-5-8-20(18)27-14-6-13-24/h4-5,7-8,16-17,19,24,26H,6,9-15H2,1-3H3,(H,23,25)/t17?,19?,22-/m1/s1. The van der Waals surface area contributed by atoms with Crippen molar-refractivity contribution in [3.8, 4) is 5.75 Å². The van der Waals surface area contributed by atoms with Crippen LogP contribution in [0.2, 0.25) is 0 Å². The monoisotopic (exact) mass is 377 g/mol. The molecule has 1 aliphatic carbocycles. The zero-order valence-electron chi connectivity index (χ0n) is 16.9. The lowest BCUT2D eigenvalue weighted by molar-refractivity contribution is -0.155. The minimum atomic E-state index is -1.27. The summed E-state index contributed by atoms with van der Waals surface area (Å²) in [5.74, 6) is 1.17. The zero-order valence-corrected chi connectivity index (χ0v) is 16.9. The third kappa shape index (κ3) is 5.69. The van der Waals surface area contributed by atoms with Crippen LogP contribution in [0.3, 0.4) is 0 Å². The van der Waals surface area contributed by atoms with E-state index in [0.29, 0.717) is 38.3 Å². The highest BCUT2D eigenvalue weighted by Crippen LogP contribution is 2.41. The van der Waals surface area contributed by atoms with E-state index in [1.54, 1.807) is 0 Å². The number of aliphatic hydroxyl groups is 2. The molecule has 1 aromatic carbocycles. The van der Waals surface area contributed by atoms with Crippen LogP contribution in [-0.2, 0) is 11.2 Å². The van der Waals surface area contributed by atoms with Crippen molar-refractivity contribution in [3.05, 3.63) is 29.8 Å². The van der Waals surface area contributed by atoms with Gasteiger partial charge in [-0.05, 0) is 48.6 Å². The van der Waals surface area contributed by atoms with E-state index in [2.05, 4.69) is 26.1 Å². The topological polar surface area (TPSA) is 78.8 Å². The molecule has 152 valence electrons. The fourth-order valence-corrected chi connectivity index (χ4v) is 4.20. The third-order valence-electron chi connectivity index (χ3n) is 5.65. The van der Waals surface area contributed by atoms with Crippen LogP contribution in [0.25, 0.3) is 0 Å². The number of aliphatic hydroxyl groups excluding tert-OH is 1. The Hall–Kier alpha value is -1.59. The molecule has 5 nitrogen and oxygen atoms in total. The average molecular weight is 378 g/mol. The highest BCUT2D eigenvalue weighted by atomic mass is 16.5. The molecule has 0 spiro atoms. The van der Waals surface area contributed by atoms with Crippen molar-refractivity contribution < 1.29 is 19.7 Å².